The number of nitrogens with zero attached hydrogens (tertiary/aromatic N) is 2. The van der Waals surface area contributed by atoms with E-state index in [1.807, 2.05) is 0 Å². The minimum absolute atomic E-state index is 0. The Hall–Kier alpha value is -0.530. The van der Waals surface area contributed by atoms with Crippen LogP contribution in [0.3, 0.4) is 0 Å². The van der Waals surface area contributed by atoms with Crippen LogP contribution in [-0.4, -0.2) is 49.1 Å². The Bertz CT molecular complexity index is 420. The van der Waals surface area contributed by atoms with Crippen molar-refractivity contribution in [1.82, 2.24) is 10.2 Å². The van der Waals surface area contributed by atoms with E-state index < -0.39 is 0 Å². The van der Waals surface area contributed by atoms with Gasteiger partial charge in [-0.05, 0) is 50.9 Å². The Morgan fingerprint density at radius 1 is 1.33 bits per heavy atom. The number of nitrogens with one attached hydrogen (secondary N) is 1. The van der Waals surface area contributed by atoms with Gasteiger partial charge in [-0.2, -0.15) is 0 Å². The zero-order valence-corrected chi connectivity index (χ0v) is 17.8. The minimum atomic E-state index is -0.0561. The molecular weight excluding hydrogens is 417 g/mol. The SMILES string of the molecule is CCNC(=NCCCC(=O)OC1CCCC1)N1CCC(C)(C)C1.I. The second-order valence-corrected chi connectivity index (χ2v) is 7.57. The summed E-state index contributed by atoms with van der Waals surface area (Å²) in [6.07, 6.45) is 7.09. The Kier molecular flexibility index (Phi) is 9.37. The lowest BCUT2D eigenvalue weighted by molar-refractivity contribution is -0.148. The molecule has 0 spiro atoms. The molecule has 0 radical (unpaired) electrons. The molecule has 140 valence electrons. The van der Waals surface area contributed by atoms with Crippen LogP contribution >= 0.6 is 24.0 Å². The molecule has 1 aliphatic carbocycles. The molecule has 1 heterocycles. The highest BCUT2D eigenvalue weighted by molar-refractivity contribution is 14.0. The van der Waals surface area contributed by atoms with Crippen molar-refractivity contribution in [3.63, 3.8) is 0 Å². The number of halogens is 1. The predicted octanol–water partition coefficient (Wildman–Crippen LogP) is 3.57. The van der Waals surface area contributed by atoms with Gasteiger partial charge < -0.3 is 15.0 Å². The first-order valence-corrected chi connectivity index (χ1v) is 9.23. The number of ether oxygens (including phenoxy) is 1. The molecule has 2 fully saturated rings. The van der Waals surface area contributed by atoms with Gasteiger partial charge in [-0.25, -0.2) is 0 Å². The molecule has 0 bridgehead atoms. The van der Waals surface area contributed by atoms with E-state index >= 15 is 0 Å². The fourth-order valence-electron chi connectivity index (χ4n) is 3.38. The molecule has 1 saturated heterocycles. The number of guanidine groups is 1. The smallest absolute Gasteiger partial charge is 0.306 e. The maximum Gasteiger partial charge on any atom is 0.306 e. The fourth-order valence-corrected chi connectivity index (χ4v) is 3.38. The van der Waals surface area contributed by atoms with Crippen molar-refractivity contribution in [3.05, 3.63) is 0 Å². The summed E-state index contributed by atoms with van der Waals surface area (Å²) in [5.41, 5.74) is 0.362. The van der Waals surface area contributed by atoms with E-state index in [1.165, 1.54) is 19.3 Å². The third-order valence-electron chi connectivity index (χ3n) is 4.71. The summed E-state index contributed by atoms with van der Waals surface area (Å²) in [6.45, 7) is 10.4. The summed E-state index contributed by atoms with van der Waals surface area (Å²) in [5.74, 6) is 0.932. The molecule has 0 amide bonds. The third kappa shape index (κ3) is 7.15. The number of carbonyl (C=O) groups is 1. The molecular formula is C18H34IN3O2. The maximum absolute atomic E-state index is 11.8. The van der Waals surface area contributed by atoms with Crippen molar-refractivity contribution in [2.45, 2.75) is 71.8 Å². The van der Waals surface area contributed by atoms with Gasteiger partial charge in [0.25, 0.3) is 0 Å². The van der Waals surface area contributed by atoms with Crippen molar-refractivity contribution in [1.29, 1.82) is 0 Å². The number of rotatable bonds is 6. The summed E-state index contributed by atoms with van der Waals surface area (Å²) in [4.78, 5) is 18.8. The lowest BCUT2D eigenvalue weighted by atomic mass is 9.93. The van der Waals surface area contributed by atoms with Crippen molar-refractivity contribution in [3.8, 4) is 0 Å². The summed E-state index contributed by atoms with van der Waals surface area (Å²) < 4.78 is 5.48. The van der Waals surface area contributed by atoms with Gasteiger partial charge in [0.05, 0.1) is 0 Å². The standard InChI is InChI=1S/C18H33N3O2.HI/c1-4-19-17(21-13-11-18(2,3)14-21)20-12-7-10-16(22)23-15-8-5-6-9-15;/h15H,4-14H2,1-3H3,(H,19,20);1H. The van der Waals surface area contributed by atoms with Crippen LogP contribution in [0.25, 0.3) is 0 Å². The van der Waals surface area contributed by atoms with Crippen LogP contribution in [-0.2, 0) is 9.53 Å². The minimum Gasteiger partial charge on any atom is -0.462 e. The zero-order valence-electron chi connectivity index (χ0n) is 15.5. The first-order chi connectivity index (χ1) is 11.0. The predicted molar refractivity (Wildman–Crippen MR) is 109 cm³/mol. The molecule has 0 atom stereocenters. The highest BCUT2D eigenvalue weighted by Crippen LogP contribution is 2.28. The number of esters is 1. The van der Waals surface area contributed by atoms with Crippen molar-refractivity contribution >= 4 is 35.9 Å². The highest BCUT2D eigenvalue weighted by Gasteiger charge is 2.30. The van der Waals surface area contributed by atoms with E-state index in [0.29, 0.717) is 18.4 Å². The Labute approximate surface area is 164 Å². The average molecular weight is 451 g/mol. The van der Waals surface area contributed by atoms with Crippen LogP contribution in [0, 0.1) is 5.41 Å². The molecule has 0 unspecified atom stereocenters. The second-order valence-electron chi connectivity index (χ2n) is 7.57. The summed E-state index contributed by atoms with van der Waals surface area (Å²) in [7, 11) is 0. The number of likely N-dealkylation sites (tertiary alicyclic amines) is 1. The van der Waals surface area contributed by atoms with Gasteiger partial charge in [-0.3, -0.25) is 9.79 Å². The quantitative estimate of drug-likeness (QED) is 0.221. The lowest BCUT2D eigenvalue weighted by Gasteiger charge is -2.23. The van der Waals surface area contributed by atoms with Crippen LogP contribution < -0.4 is 5.32 Å². The molecule has 1 saturated carbocycles. The van der Waals surface area contributed by atoms with Crippen molar-refractivity contribution in [2.24, 2.45) is 10.4 Å². The largest absolute Gasteiger partial charge is 0.462 e. The van der Waals surface area contributed by atoms with Crippen LogP contribution in [0.4, 0.5) is 0 Å². The molecule has 2 aliphatic rings. The summed E-state index contributed by atoms with van der Waals surface area (Å²) in [5, 5.41) is 3.37. The normalized spacial score (nSPS) is 20.8. The van der Waals surface area contributed by atoms with Gasteiger partial charge in [0.15, 0.2) is 5.96 Å². The molecule has 1 N–H and O–H groups in total. The highest BCUT2D eigenvalue weighted by atomic mass is 127. The summed E-state index contributed by atoms with van der Waals surface area (Å²) >= 11 is 0. The second kappa shape index (κ2) is 10.5. The first-order valence-electron chi connectivity index (χ1n) is 9.23. The molecule has 0 aromatic carbocycles. The fraction of sp³-hybridized carbons (Fsp3) is 0.889. The maximum atomic E-state index is 11.8. The van der Waals surface area contributed by atoms with Gasteiger partial charge in [0, 0.05) is 32.6 Å². The molecule has 0 aromatic rings. The topological polar surface area (TPSA) is 53.9 Å². The monoisotopic (exact) mass is 451 g/mol. The molecule has 24 heavy (non-hydrogen) atoms. The molecule has 6 heteroatoms. The van der Waals surface area contributed by atoms with Crippen molar-refractivity contribution < 1.29 is 9.53 Å². The summed E-state index contributed by atoms with van der Waals surface area (Å²) in [6, 6.07) is 0. The Morgan fingerprint density at radius 2 is 2.04 bits per heavy atom. The Balaban J connectivity index is 0.00000288. The number of carbonyl (C=O) groups excluding carboxylic acids is 1. The van der Waals surface area contributed by atoms with Crippen molar-refractivity contribution in [2.75, 3.05) is 26.2 Å². The van der Waals surface area contributed by atoms with E-state index in [2.05, 4.69) is 36.0 Å². The lowest BCUT2D eigenvalue weighted by Crippen LogP contribution is -2.40. The molecule has 1 aliphatic heterocycles. The zero-order chi connectivity index (χ0) is 16.7. The van der Waals surface area contributed by atoms with E-state index in [1.54, 1.807) is 0 Å². The number of hydrogen-bond acceptors (Lipinski definition) is 3. The van der Waals surface area contributed by atoms with E-state index in [9.17, 15) is 4.79 Å². The van der Waals surface area contributed by atoms with Gasteiger partial charge in [-0.15, -0.1) is 24.0 Å². The van der Waals surface area contributed by atoms with Gasteiger partial charge in [0.1, 0.15) is 6.10 Å². The van der Waals surface area contributed by atoms with Gasteiger partial charge >= 0.3 is 5.97 Å². The van der Waals surface area contributed by atoms with Gasteiger partial charge in [0.2, 0.25) is 0 Å². The van der Waals surface area contributed by atoms with E-state index in [0.717, 1.165) is 44.9 Å². The molecule has 2 rings (SSSR count). The molecule has 0 aromatic heterocycles. The third-order valence-corrected chi connectivity index (χ3v) is 4.71. The number of hydrogen-bond donors (Lipinski definition) is 1. The van der Waals surface area contributed by atoms with Crippen LogP contribution in [0.1, 0.15) is 65.7 Å². The van der Waals surface area contributed by atoms with E-state index in [-0.39, 0.29) is 36.0 Å². The van der Waals surface area contributed by atoms with Crippen LogP contribution in [0.5, 0.6) is 0 Å². The van der Waals surface area contributed by atoms with Crippen LogP contribution in [0.2, 0.25) is 0 Å². The Morgan fingerprint density at radius 3 is 2.62 bits per heavy atom. The van der Waals surface area contributed by atoms with Gasteiger partial charge in [-0.1, -0.05) is 13.8 Å². The van der Waals surface area contributed by atoms with Crippen LogP contribution in [0.15, 0.2) is 4.99 Å². The molecule has 5 nitrogen and oxygen atoms in total. The number of aliphatic imine (C=N–C) groups is 1. The first kappa shape index (κ1) is 21.5. The van der Waals surface area contributed by atoms with E-state index in [4.69, 9.17) is 4.74 Å². The average Bonchev–Trinajstić information content (AvgIpc) is 3.11.